The molecule has 114 valence electrons. The van der Waals surface area contributed by atoms with Crippen molar-refractivity contribution in [3.05, 3.63) is 29.8 Å². The van der Waals surface area contributed by atoms with Crippen molar-refractivity contribution in [3.8, 4) is 0 Å². The van der Waals surface area contributed by atoms with Crippen LogP contribution in [0.1, 0.15) is 46.1 Å². The summed E-state index contributed by atoms with van der Waals surface area (Å²) in [6, 6.07) is 6.97. The van der Waals surface area contributed by atoms with Gasteiger partial charge in [0, 0.05) is 17.3 Å². The Morgan fingerprint density at radius 1 is 1.05 bits per heavy atom. The van der Waals surface area contributed by atoms with Gasteiger partial charge in [0.15, 0.2) is 0 Å². The molecule has 20 heavy (non-hydrogen) atoms. The molecule has 5 heteroatoms. The van der Waals surface area contributed by atoms with Gasteiger partial charge in [0.1, 0.15) is 0 Å². The van der Waals surface area contributed by atoms with E-state index in [-0.39, 0.29) is 23.3 Å². The summed E-state index contributed by atoms with van der Waals surface area (Å²) in [6.07, 6.45) is 0. The van der Waals surface area contributed by atoms with Crippen molar-refractivity contribution in [3.63, 3.8) is 0 Å². The first-order valence-electron chi connectivity index (χ1n) is 6.92. The Labute approximate surface area is 127 Å². The van der Waals surface area contributed by atoms with Crippen molar-refractivity contribution in [1.29, 1.82) is 0 Å². The molecular weight excluding hydrogens is 294 g/mol. The molecule has 0 spiro atoms. The van der Waals surface area contributed by atoms with Crippen LogP contribution >= 0.6 is 11.6 Å². The van der Waals surface area contributed by atoms with Crippen LogP contribution in [0.15, 0.2) is 29.2 Å². The lowest BCUT2D eigenvalue weighted by atomic mass is 9.86. The van der Waals surface area contributed by atoms with E-state index in [2.05, 4.69) is 18.6 Å². The van der Waals surface area contributed by atoms with E-state index in [9.17, 15) is 8.42 Å². The molecule has 0 saturated carbocycles. The molecule has 2 atom stereocenters. The zero-order valence-electron chi connectivity index (χ0n) is 12.7. The highest BCUT2D eigenvalue weighted by atomic mass is 35.5. The zero-order chi connectivity index (χ0) is 15.5. The highest BCUT2D eigenvalue weighted by Gasteiger charge is 2.28. The topological polar surface area (TPSA) is 46.2 Å². The van der Waals surface area contributed by atoms with Gasteiger partial charge in [0.2, 0.25) is 10.0 Å². The fourth-order valence-electron chi connectivity index (χ4n) is 2.51. The molecule has 0 aliphatic carbocycles. The summed E-state index contributed by atoms with van der Waals surface area (Å²) < 4.78 is 27.6. The van der Waals surface area contributed by atoms with E-state index in [0.29, 0.717) is 4.90 Å². The third kappa shape index (κ3) is 4.21. The van der Waals surface area contributed by atoms with E-state index < -0.39 is 10.0 Å². The van der Waals surface area contributed by atoms with Gasteiger partial charge in [-0.15, -0.1) is 11.6 Å². The number of hydrogen-bond acceptors (Lipinski definition) is 2. The number of halogens is 1. The number of benzene rings is 1. The monoisotopic (exact) mass is 317 g/mol. The molecule has 1 rings (SSSR count). The molecule has 1 aromatic carbocycles. The lowest BCUT2D eigenvalue weighted by molar-refractivity contribution is 0.481. The van der Waals surface area contributed by atoms with Crippen LogP contribution in [-0.4, -0.2) is 19.8 Å². The van der Waals surface area contributed by atoms with Gasteiger partial charge in [-0.1, -0.05) is 32.0 Å². The first-order chi connectivity index (χ1) is 9.16. The van der Waals surface area contributed by atoms with Gasteiger partial charge in [-0.2, -0.15) is 0 Å². The number of alkyl halides is 1. The van der Waals surface area contributed by atoms with E-state index in [1.54, 1.807) is 12.1 Å². The van der Waals surface area contributed by atoms with Crippen LogP contribution in [-0.2, 0) is 10.0 Å². The van der Waals surface area contributed by atoms with Gasteiger partial charge >= 0.3 is 0 Å². The Balaban J connectivity index is 3.37. The zero-order valence-corrected chi connectivity index (χ0v) is 14.3. The molecule has 0 bridgehead atoms. The van der Waals surface area contributed by atoms with Gasteiger partial charge in [-0.25, -0.2) is 13.1 Å². The van der Waals surface area contributed by atoms with Crippen LogP contribution in [0, 0.1) is 5.92 Å². The summed E-state index contributed by atoms with van der Waals surface area (Å²) in [5, 5.41) is -0.134. The van der Waals surface area contributed by atoms with Crippen molar-refractivity contribution < 1.29 is 8.42 Å². The average Bonchev–Trinajstić information content (AvgIpc) is 2.26. The molecular formula is C15H24ClNO2S. The molecule has 0 aliphatic heterocycles. The second-order valence-corrected chi connectivity index (χ2v) is 8.13. The minimum absolute atomic E-state index is 0.00314. The standard InChI is InChI=1S/C15H24ClNO2S/c1-10(2)15(12(5)16)13-8-6-7-9-14(13)20(18,19)17-11(3)4/h6-12,15,17H,1-5H3. The summed E-state index contributed by atoms with van der Waals surface area (Å²) in [4.78, 5) is 0.333. The van der Waals surface area contributed by atoms with Crippen LogP contribution in [0.2, 0.25) is 0 Å². The molecule has 0 aromatic heterocycles. The second kappa shape index (κ2) is 6.92. The molecule has 0 fully saturated rings. The van der Waals surface area contributed by atoms with Crippen molar-refractivity contribution in [2.75, 3.05) is 0 Å². The lowest BCUT2D eigenvalue weighted by Crippen LogP contribution is -2.32. The van der Waals surface area contributed by atoms with Crippen LogP contribution in [0.25, 0.3) is 0 Å². The maximum Gasteiger partial charge on any atom is 0.241 e. The van der Waals surface area contributed by atoms with Crippen molar-refractivity contribution >= 4 is 21.6 Å². The molecule has 0 saturated heterocycles. The largest absolute Gasteiger partial charge is 0.241 e. The smallest absolute Gasteiger partial charge is 0.209 e. The van der Waals surface area contributed by atoms with Crippen molar-refractivity contribution in [2.24, 2.45) is 5.92 Å². The minimum Gasteiger partial charge on any atom is -0.209 e. The van der Waals surface area contributed by atoms with Crippen molar-refractivity contribution in [2.45, 2.75) is 56.9 Å². The van der Waals surface area contributed by atoms with Crippen LogP contribution in [0.4, 0.5) is 0 Å². The first-order valence-corrected chi connectivity index (χ1v) is 8.84. The van der Waals surface area contributed by atoms with Crippen molar-refractivity contribution in [1.82, 2.24) is 4.72 Å². The third-order valence-corrected chi connectivity index (χ3v) is 5.18. The third-order valence-electron chi connectivity index (χ3n) is 3.17. The number of hydrogen-bond donors (Lipinski definition) is 1. The fourth-order valence-corrected chi connectivity index (χ4v) is 4.46. The van der Waals surface area contributed by atoms with Gasteiger partial charge in [-0.3, -0.25) is 0 Å². The van der Waals surface area contributed by atoms with E-state index in [4.69, 9.17) is 11.6 Å². The van der Waals surface area contributed by atoms with Gasteiger partial charge < -0.3 is 0 Å². The molecule has 0 radical (unpaired) electrons. The highest BCUT2D eigenvalue weighted by molar-refractivity contribution is 7.89. The van der Waals surface area contributed by atoms with E-state index in [0.717, 1.165) is 5.56 Å². The molecule has 2 unspecified atom stereocenters. The lowest BCUT2D eigenvalue weighted by Gasteiger charge is -2.26. The number of rotatable bonds is 6. The Bertz CT molecular complexity index is 531. The minimum atomic E-state index is -3.51. The van der Waals surface area contributed by atoms with Gasteiger partial charge in [-0.05, 0) is 38.3 Å². The maximum absolute atomic E-state index is 12.5. The molecule has 1 N–H and O–H groups in total. The summed E-state index contributed by atoms with van der Waals surface area (Å²) in [5.41, 5.74) is 0.790. The maximum atomic E-state index is 12.5. The predicted molar refractivity (Wildman–Crippen MR) is 84.8 cm³/mol. The Morgan fingerprint density at radius 3 is 2.05 bits per heavy atom. The highest BCUT2D eigenvalue weighted by Crippen LogP contribution is 2.34. The Kier molecular flexibility index (Phi) is 6.05. The quantitative estimate of drug-likeness (QED) is 0.812. The second-order valence-electron chi connectivity index (χ2n) is 5.76. The fraction of sp³-hybridized carbons (Fsp3) is 0.600. The van der Waals surface area contributed by atoms with Gasteiger partial charge in [0.25, 0.3) is 0 Å². The number of sulfonamides is 1. The average molecular weight is 318 g/mol. The predicted octanol–water partition coefficient (Wildman–Crippen LogP) is 3.74. The Hall–Kier alpha value is -0.580. The molecule has 0 heterocycles. The Morgan fingerprint density at radius 2 is 1.60 bits per heavy atom. The summed E-state index contributed by atoms with van der Waals surface area (Å²) in [7, 11) is -3.51. The SMILES string of the molecule is CC(C)NS(=O)(=O)c1ccccc1C(C(C)C)C(C)Cl. The first kappa shape index (κ1) is 17.5. The van der Waals surface area contributed by atoms with E-state index in [1.165, 1.54) is 0 Å². The molecule has 1 aromatic rings. The van der Waals surface area contributed by atoms with Gasteiger partial charge in [0.05, 0.1) is 4.90 Å². The summed E-state index contributed by atoms with van der Waals surface area (Å²) >= 11 is 6.29. The number of nitrogens with one attached hydrogen (secondary N) is 1. The van der Waals surface area contributed by atoms with Crippen LogP contribution < -0.4 is 4.72 Å². The summed E-state index contributed by atoms with van der Waals surface area (Å²) in [6.45, 7) is 9.64. The van der Waals surface area contributed by atoms with Crippen LogP contribution in [0.3, 0.4) is 0 Å². The summed E-state index contributed by atoms with van der Waals surface area (Å²) in [5.74, 6) is 0.259. The van der Waals surface area contributed by atoms with E-state index >= 15 is 0 Å². The normalized spacial score (nSPS) is 15.6. The van der Waals surface area contributed by atoms with E-state index in [1.807, 2.05) is 32.9 Å². The van der Waals surface area contributed by atoms with Crippen LogP contribution in [0.5, 0.6) is 0 Å². The molecule has 3 nitrogen and oxygen atoms in total. The molecule has 0 aliphatic rings. The molecule has 0 amide bonds.